The molecular formula is C16H13N3O2. The molecule has 0 spiro atoms. The molecule has 0 bridgehead atoms. The first-order chi connectivity index (χ1) is 10.2. The van der Waals surface area contributed by atoms with Crippen LogP contribution in [0.5, 0.6) is 0 Å². The molecule has 5 heteroatoms. The van der Waals surface area contributed by atoms with Gasteiger partial charge in [-0.25, -0.2) is 0 Å². The highest BCUT2D eigenvalue weighted by Gasteiger charge is 2.10. The number of aromatic nitrogens is 2. The van der Waals surface area contributed by atoms with Crippen LogP contribution in [-0.4, -0.2) is 15.7 Å². The number of benzene rings is 2. The standard InChI is InChI=1S/C16H13N3O2/c20-15(12-7-3-1-4-8-12)17-14-11-19(18-16(14)21)13-9-5-2-6-10-13/h1-11H,(H,17,20)(H,18,21). The van der Waals surface area contributed by atoms with Crippen LogP contribution in [0, 0.1) is 0 Å². The minimum Gasteiger partial charge on any atom is -0.316 e. The summed E-state index contributed by atoms with van der Waals surface area (Å²) in [6.45, 7) is 0. The van der Waals surface area contributed by atoms with Crippen LogP contribution in [0.15, 0.2) is 71.7 Å². The van der Waals surface area contributed by atoms with E-state index in [1.165, 1.54) is 0 Å². The molecule has 1 amide bonds. The van der Waals surface area contributed by atoms with Crippen molar-refractivity contribution in [2.75, 3.05) is 5.32 Å². The van der Waals surface area contributed by atoms with Crippen LogP contribution >= 0.6 is 0 Å². The normalized spacial score (nSPS) is 10.3. The zero-order chi connectivity index (χ0) is 14.7. The van der Waals surface area contributed by atoms with Gasteiger partial charge in [-0.3, -0.25) is 19.4 Å². The van der Waals surface area contributed by atoms with Gasteiger partial charge in [0.25, 0.3) is 11.5 Å². The van der Waals surface area contributed by atoms with Crippen molar-refractivity contribution in [1.29, 1.82) is 0 Å². The lowest BCUT2D eigenvalue weighted by molar-refractivity contribution is 0.102. The molecule has 3 rings (SSSR count). The molecule has 0 atom stereocenters. The van der Waals surface area contributed by atoms with Gasteiger partial charge in [-0.2, -0.15) is 0 Å². The average Bonchev–Trinajstić information content (AvgIpc) is 2.90. The first kappa shape index (κ1) is 12.9. The van der Waals surface area contributed by atoms with Crippen LogP contribution in [0.1, 0.15) is 10.4 Å². The van der Waals surface area contributed by atoms with Gasteiger partial charge < -0.3 is 5.32 Å². The van der Waals surface area contributed by atoms with Crippen molar-refractivity contribution >= 4 is 11.6 Å². The quantitative estimate of drug-likeness (QED) is 0.773. The van der Waals surface area contributed by atoms with Crippen LogP contribution in [0.2, 0.25) is 0 Å². The largest absolute Gasteiger partial charge is 0.316 e. The van der Waals surface area contributed by atoms with E-state index in [0.29, 0.717) is 5.56 Å². The molecule has 0 aliphatic rings. The molecule has 0 unspecified atom stereocenters. The van der Waals surface area contributed by atoms with Crippen LogP contribution < -0.4 is 10.9 Å². The van der Waals surface area contributed by atoms with Crippen molar-refractivity contribution in [1.82, 2.24) is 9.78 Å². The van der Waals surface area contributed by atoms with Crippen molar-refractivity contribution in [2.24, 2.45) is 0 Å². The van der Waals surface area contributed by atoms with Gasteiger partial charge >= 0.3 is 0 Å². The number of nitrogens with one attached hydrogen (secondary N) is 2. The maximum absolute atomic E-state index is 12.0. The molecule has 0 radical (unpaired) electrons. The number of anilines is 1. The van der Waals surface area contributed by atoms with Crippen molar-refractivity contribution in [2.45, 2.75) is 0 Å². The molecule has 104 valence electrons. The second-order valence-electron chi connectivity index (χ2n) is 4.51. The summed E-state index contributed by atoms with van der Waals surface area (Å²) in [6.07, 6.45) is 1.57. The SMILES string of the molecule is O=C(Nc1cn(-c2ccccc2)[nH]c1=O)c1ccccc1. The second kappa shape index (κ2) is 5.50. The summed E-state index contributed by atoms with van der Waals surface area (Å²) in [5, 5.41) is 5.28. The third kappa shape index (κ3) is 2.76. The van der Waals surface area contributed by atoms with E-state index in [1.807, 2.05) is 36.4 Å². The number of para-hydroxylation sites is 1. The number of carbonyl (C=O) groups is 1. The van der Waals surface area contributed by atoms with Crippen molar-refractivity contribution in [3.05, 3.63) is 82.8 Å². The van der Waals surface area contributed by atoms with Crippen molar-refractivity contribution in [3.8, 4) is 5.69 Å². The third-order valence-corrected chi connectivity index (χ3v) is 3.04. The number of H-pyrrole nitrogens is 1. The number of hydrogen-bond acceptors (Lipinski definition) is 2. The van der Waals surface area contributed by atoms with Gasteiger partial charge in [0.15, 0.2) is 0 Å². The summed E-state index contributed by atoms with van der Waals surface area (Å²) in [5.41, 5.74) is 1.19. The van der Waals surface area contributed by atoms with E-state index in [-0.39, 0.29) is 17.2 Å². The van der Waals surface area contributed by atoms with Crippen LogP contribution in [-0.2, 0) is 0 Å². The fourth-order valence-electron chi connectivity index (χ4n) is 1.99. The molecule has 0 saturated carbocycles. The maximum Gasteiger partial charge on any atom is 0.288 e. The zero-order valence-corrected chi connectivity index (χ0v) is 11.1. The highest BCUT2D eigenvalue weighted by molar-refractivity contribution is 6.04. The molecule has 0 fully saturated rings. The van der Waals surface area contributed by atoms with E-state index in [1.54, 1.807) is 35.1 Å². The highest BCUT2D eigenvalue weighted by atomic mass is 16.2. The molecule has 2 aromatic carbocycles. The number of aromatic amines is 1. The monoisotopic (exact) mass is 279 g/mol. The summed E-state index contributed by atoms with van der Waals surface area (Å²) in [6, 6.07) is 18.1. The number of carbonyl (C=O) groups excluding carboxylic acids is 1. The zero-order valence-electron chi connectivity index (χ0n) is 11.1. The lowest BCUT2D eigenvalue weighted by Crippen LogP contribution is -2.16. The fourth-order valence-corrected chi connectivity index (χ4v) is 1.99. The Morgan fingerprint density at radius 2 is 1.57 bits per heavy atom. The Kier molecular flexibility index (Phi) is 3.39. The summed E-state index contributed by atoms with van der Waals surface area (Å²) in [5.74, 6) is -0.313. The Morgan fingerprint density at radius 3 is 2.24 bits per heavy atom. The molecule has 1 aromatic heterocycles. The smallest absolute Gasteiger partial charge is 0.288 e. The Bertz CT molecular complexity index is 804. The molecular weight excluding hydrogens is 266 g/mol. The van der Waals surface area contributed by atoms with Crippen molar-refractivity contribution in [3.63, 3.8) is 0 Å². The number of hydrogen-bond donors (Lipinski definition) is 2. The Morgan fingerprint density at radius 1 is 0.952 bits per heavy atom. The van der Waals surface area contributed by atoms with E-state index in [0.717, 1.165) is 5.69 Å². The Balaban J connectivity index is 1.86. The van der Waals surface area contributed by atoms with Gasteiger partial charge in [0.1, 0.15) is 5.69 Å². The summed E-state index contributed by atoms with van der Waals surface area (Å²) in [4.78, 5) is 23.9. The summed E-state index contributed by atoms with van der Waals surface area (Å²) >= 11 is 0. The van der Waals surface area contributed by atoms with E-state index in [4.69, 9.17) is 0 Å². The van der Waals surface area contributed by atoms with Gasteiger partial charge in [0.05, 0.1) is 11.9 Å². The minimum atomic E-state index is -0.344. The summed E-state index contributed by atoms with van der Waals surface area (Å²) < 4.78 is 1.57. The molecule has 0 aliphatic carbocycles. The number of amides is 1. The van der Waals surface area contributed by atoms with Gasteiger partial charge in [-0.05, 0) is 24.3 Å². The second-order valence-corrected chi connectivity index (χ2v) is 4.51. The molecule has 3 aromatic rings. The third-order valence-electron chi connectivity index (χ3n) is 3.04. The van der Waals surface area contributed by atoms with Crippen LogP contribution in [0.25, 0.3) is 5.69 Å². The van der Waals surface area contributed by atoms with E-state index in [9.17, 15) is 9.59 Å². The molecule has 5 nitrogen and oxygen atoms in total. The average molecular weight is 279 g/mol. The minimum absolute atomic E-state index is 0.215. The Hall–Kier alpha value is -3.08. The number of rotatable bonds is 3. The van der Waals surface area contributed by atoms with Gasteiger partial charge in [-0.1, -0.05) is 36.4 Å². The molecule has 0 saturated heterocycles. The lowest BCUT2D eigenvalue weighted by atomic mass is 10.2. The van der Waals surface area contributed by atoms with Crippen molar-refractivity contribution < 1.29 is 4.79 Å². The van der Waals surface area contributed by atoms with E-state index < -0.39 is 0 Å². The van der Waals surface area contributed by atoms with Crippen LogP contribution in [0.3, 0.4) is 0 Å². The van der Waals surface area contributed by atoms with E-state index in [2.05, 4.69) is 10.4 Å². The molecule has 21 heavy (non-hydrogen) atoms. The maximum atomic E-state index is 12.0. The predicted octanol–water partition coefficient (Wildman–Crippen LogP) is 2.42. The molecule has 0 aliphatic heterocycles. The first-order valence-electron chi connectivity index (χ1n) is 6.47. The molecule has 2 N–H and O–H groups in total. The van der Waals surface area contributed by atoms with Gasteiger partial charge in [-0.15, -0.1) is 0 Å². The van der Waals surface area contributed by atoms with E-state index >= 15 is 0 Å². The molecule has 1 heterocycles. The topological polar surface area (TPSA) is 66.9 Å². The van der Waals surface area contributed by atoms with Crippen LogP contribution in [0.4, 0.5) is 5.69 Å². The lowest BCUT2D eigenvalue weighted by Gasteiger charge is -2.02. The van der Waals surface area contributed by atoms with Gasteiger partial charge in [0.2, 0.25) is 0 Å². The van der Waals surface area contributed by atoms with Gasteiger partial charge in [0, 0.05) is 5.56 Å². The summed E-state index contributed by atoms with van der Waals surface area (Å²) in [7, 11) is 0. The highest BCUT2D eigenvalue weighted by Crippen LogP contribution is 2.09. The fraction of sp³-hybridized carbons (Fsp3) is 0. The number of nitrogens with zero attached hydrogens (tertiary/aromatic N) is 1. The first-order valence-corrected chi connectivity index (χ1v) is 6.47. The Labute approximate surface area is 120 Å². The predicted molar refractivity (Wildman–Crippen MR) is 80.8 cm³/mol.